The number of carbonyl (C=O) groups is 1. The number of imidazole rings is 1. The first-order valence-corrected chi connectivity index (χ1v) is 16.5. The van der Waals surface area contributed by atoms with Gasteiger partial charge >= 0.3 is 6.03 Å². The van der Waals surface area contributed by atoms with E-state index in [0.717, 1.165) is 78.8 Å². The molecule has 0 aliphatic carbocycles. The van der Waals surface area contributed by atoms with Crippen LogP contribution in [0.1, 0.15) is 65.4 Å². The summed E-state index contributed by atoms with van der Waals surface area (Å²) in [7, 11) is 0. The fraction of sp³-hybridized carbons (Fsp3) is 0.576. The van der Waals surface area contributed by atoms with Crippen molar-refractivity contribution < 1.29 is 18.8 Å². The molecule has 2 amide bonds. The van der Waals surface area contributed by atoms with Crippen molar-refractivity contribution in [3.05, 3.63) is 54.6 Å². The summed E-state index contributed by atoms with van der Waals surface area (Å²) in [5.74, 6) is 4.12. The number of hydrogen-bond acceptors (Lipinski definition) is 4. The minimum atomic E-state index is -0.00340. The molecule has 2 fully saturated rings. The van der Waals surface area contributed by atoms with E-state index < -0.39 is 0 Å². The van der Waals surface area contributed by atoms with Gasteiger partial charge in [0, 0.05) is 27.3 Å². The topological polar surface area (TPSA) is 68.4 Å². The number of thioether (sulfide) groups is 1. The third kappa shape index (κ3) is 7.70. The van der Waals surface area contributed by atoms with E-state index in [1.165, 1.54) is 0 Å². The second kappa shape index (κ2) is 13.9. The molecule has 41 heavy (non-hydrogen) atoms. The third-order valence-electron chi connectivity index (χ3n) is 8.12. The van der Waals surface area contributed by atoms with Crippen LogP contribution in [-0.4, -0.2) is 46.9 Å². The van der Waals surface area contributed by atoms with Crippen LogP contribution in [0.25, 0.3) is 10.8 Å². The monoisotopic (exact) mass is 579 g/mol. The molecule has 2 N–H and O–H groups in total. The van der Waals surface area contributed by atoms with Gasteiger partial charge in [0.1, 0.15) is 30.4 Å². The van der Waals surface area contributed by atoms with Crippen LogP contribution in [0.3, 0.4) is 0 Å². The standard InChI is InChI=1S/C33H46N4O3S/c1-23(2)12-17-39-29-19-25(32(40-18-13-24(3)4)27-10-6-5-9-26(27)29)20-37-16-15-36(22-37)14-8-7-11-30-31-28(21-41-30)34-33(38)35-31/h5-6,9-10,15-16,19,22-24,28,30-31H,7-8,11-14,17-18,20-21H2,1-4H3,(H-,34,35,38)/p+1/t28-,30-,31-/m0/s1. The number of benzene rings is 2. The summed E-state index contributed by atoms with van der Waals surface area (Å²) in [5.41, 5.74) is 1.15. The summed E-state index contributed by atoms with van der Waals surface area (Å²) in [4.78, 5) is 11.7. The number of carbonyl (C=O) groups excluding carboxylic acids is 1. The number of rotatable bonds is 15. The van der Waals surface area contributed by atoms with Crippen molar-refractivity contribution in [1.82, 2.24) is 15.2 Å². The van der Waals surface area contributed by atoms with Crippen LogP contribution in [0.4, 0.5) is 4.79 Å². The van der Waals surface area contributed by atoms with Crippen LogP contribution in [0.2, 0.25) is 0 Å². The highest BCUT2D eigenvalue weighted by atomic mass is 32.2. The van der Waals surface area contributed by atoms with Gasteiger partial charge in [0.15, 0.2) is 0 Å². The second-order valence-corrected chi connectivity index (χ2v) is 13.7. The van der Waals surface area contributed by atoms with E-state index in [-0.39, 0.29) is 6.03 Å². The summed E-state index contributed by atoms with van der Waals surface area (Å²) < 4.78 is 17.4. The average Bonchev–Trinajstić information content (AvgIpc) is 3.64. The molecule has 0 radical (unpaired) electrons. The smallest absolute Gasteiger partial charge is 0.315 e. The normalized spacial score (nSPS) is 20.0. The van der Waals surface area contributed by atoms with Crippen molar-refractivity contribution in [1.29, 1.82) is 0 Å². The Balaban J connectivity index is 1.25. The van der Waals surface area contributed by atoms with Gasteiger partial charge in [-0.3, -0.25) is 0 Å². The predicted molar refractivity (Wildman–Crippen MR) is 167 cm³/mol. The summed E-state index contributed by atoms with van der Waals surface area (Å²) in [6.07, 6.45) is 12.0. The molecule has 0 spiro atoms. The Bertz CT molecular complexity index is 1310. The number of urea groups is 1. The molecule has 8 heteroatoms. The zero-order valence-corrected chi connectivity index (χ0v) is 25.9. The zero-order valence-electron chi connectivity index (χ0n) is 25.1. The number of nitrogens with zero attached hydrogens (tertiary/aromatic N) is 2. The van der Waals surface area contributed by atoms with Gasteiger partial charge in [-0.25, -0.2) is 13.9 Å². The van der Waals surface area contributed by atoms with Crippen molar-refractivity contribution in [2.75, 3.05) is 19.0 Å². The van der Waals surface area contributed by atoms with E-state index in [2.05, 4.69) is 96.5 Å². The maximum Gasteiger partial charge on any atom is 0.315 e. The quantitative estimate of drug-likeness (QED) is 0.129. The van der Waals surface area contributed by atoms with E-state index in [1.807, 2.05) is 11.8 Å². The van der Waals surface area contributed by atoms with Crippen molar-refractivity contribution in [2.45, 2.75) is 90.2 Å². The molecule has 7 nitrogen and oxygen atoms in total. The summed E-state index contributed by atoms with van der Waals surface area (Å²) in [6, 6.07) is 11.3. The average molecular weight is 580 g/mol. The first-order chi connectivity index (χ1) is 19.9. The van der Waals surface area contributed by atoms with E-state index in [0.29, 0.717) is 42.4 Å². The molecule has 1 aromatic heterocycles. The van der Waals surface area contributed by atoms with Gasteiger partial charge < -0.3 is 20.1 Å². The Morgan fingerprint density at radius 1 is 1.02 bits per heavy atom. The van der Waals surface area contributed by atoms with Gasteiger partial charge in [0.05, 0.1) is 31.8 Å². The molecule has 3 atom stereocenters. The molecule has 0 unspecified atom stereocenters. The molecule has 2 aliphatic heterocycles. The molecular weight excluding hydrogens is 532 g/mol. The minimum Gasteiger partial charge on any atom is -0.493 e. The molecule has 0 saturated carbocycles. The van der Waals surface area contributed by atoms with E-state index in [9.17, 15) is 4.79 Å². The van der Waals surface area contributed by atoms with Gasteiger partial charge in [-0.2, -0.15) is 11.8 Å². The number of amides is 2. The molecule has 2 saturated heterocycles. The molecule has 2 aromatic carbocycles. The fourth-order valence-corrected chi connectivity index (χ4v) is 7.27. The van der Waals surface area contributed by atoms with Crippen LogP contribution in [0.15, 0.2) is 49.1 Å². The maximum atomic E-state index is 11.7. The lowest BCUT2D eigenvalue weighted by Gasteiger charge is -2.18. The highest BCUT2D eigenvalue weighted by Gasteiger charge is 2.42. The number of ether oxygens (including phenoxy) is 2. The lowest BCUT2D eigenvalue weighted by atomic mass is 10.0. The fourth-order valence-electron chi connectivity index (χ4n) is 5.72. The second-order valence-electron chi connectivity index (χ2n) is 12.4. The summed E-state index contributed by atoms with van der Waals surface area (Å²) >= 11 is 1.99. The lowest BCUT2D eigenvalue weighted by molar-refractivity contribution is -0.687. The number of fused-ring (bicyclic) bond motifs is 2. The molecule has 3 aromatic rings. The number of hydrogen-bond donors (Lipinski definition) is 2. The maximum absolute atomic E-state index is 11.7. The number of aryl methyl sites for hydroxylation is 1. The van der Waals surface area contributed by atoms with Crippen LogP contribution >= 0.6 is 11.8 Å². The van der Waals surface area contributed by atoms with Gasteiger partial charge in [0.2, 0.25) is 6.33 Å². The van der Waals surface area contributed by atoms with E-state index >= 15 is 0 Å². The molecule has 0 bridgehead atoms. The zero-order chi connectivity index (χ0) is 28.8. The van der Waals surface area contributed by atoms with Gasteiger partial charge in [-0.15, -0.1) is 0 Å². The molecule has 222 valence electrons. The summed E-state index contributed by atoms with van der Waals surface area (Å²) in [6.45, 7) is 12.1. The largest absolute Gasteiger partial charge is 0.493 e. The van der Waals surface area contributed by atoms with Crippen molar-refractivity contribution in [2.24, 2.45) is 11.8 Å². The van der Waals surface area contributed by atoms with Gasteiger partial charge in [0.25, 0.3) is 0 Å². The van der Waals surface area contributed by atoms with Crippen LogP contribution in [-0.2, 0) is 13.1 Å². The highest BCUT2D eigenvalue weighted by Crippen LogP contribution is 2.37. The van der Waals surface area contributed by atoms with E-state index in [4.69, 9.17) is 9.47 Å². The lowest BCUT2D eigenvalue weighted by Crippen LogP contribution is -2.36. The van der Waals surface area contributed by atoms with Crippen molar-refractivity contribution in [3.8, 4) is 11.5 Å². The third-order valence-corrected chi connectivity index (χ3v) is 9.63. The van der Waals surface area contributed by atoms with Gasteiger partial charge in [-0.05, 0) is 50.0 Å². The Kier molecular flexibility index (Phi) is 10.0. The van der Waals surface area contributed by atoms with Crippen molar-refractivity contribution in [3.63, 3.8) is 0 Å². The Morgan fingerprint density at radius 3 is 2.56 bits per heavy atom. The van der Waals surface area contributed by atoms with Crippen molar-refractivity contribution >= 4 is 28.6 Å². The molecular formula is C33H47N4O3S+. The van der Waals surface area contributed by atoms with Gasteiger partial charge in [-0.1, -0.05) is 52.0 Å². The number of nitrogens with one attached hydrogen (secondary N) is 2. The SMILES string of the molecule is CC(C)CCOc1cc(C[n+]2ccn(CCCC[C@@H]3SC[C@@H]4NC(=O)N[C@@H]43)c2)c(OCCC(C)C)c2ccccc12. The Morgan fingerprint density at radius 2 is 1.78 bits per heavy atom. The first-order valence-electron chi connectivity index (χ1n) is 15.4. The molecule has 2 aliphatic rings. The number of unbranched alkanes of at least 4 members (excludes halogenated alkanes) is 1. The number of aromatic nitrogens is 2. The molecule has 5 rings (SSSR count). The Labute approximate surface area is 249 Å². The van der Waals surface area contributed by atoms with E-state index in [1.54, 1.807) is 0 Å². The molecule has 3 heterocycles. The van der Waals surface area contributed by atoms with Crippen LogP contribution in [0.5, 0.6) is 11.5 Å². The highest BCUT2D eigenvalue weighted by molar-refractivity contribution is 8.00. The minimum absolute atomic E-state index is 0.00340. The summed E-state index contributed by atoms with van der Waals surface area (Å²) in [5, 5.41) is 8.90. The van der Waals surface area contributed by atoms with Crippen LogP contribution < -0.4 is 24.7 Å². The Hall–Kier alpha value is -2.87. The first kappa shape index (κ1) is 29.6. The van der Waals surface area contributed by atoms with Crippen LogP contribution in [0, 0.1) is 11.8 Å². The predicted octanol–water partition coefficient (Wildman–Crippen LogP) is 6.16.